The lowest BCUT2D eigenvalue weighted by Crippen LogP contribution is -2.32. The molecule has 0 amide bonds. The summed E-state index contributed by atoms with van der Waals surface area (Å²) in [5, 5.41) is 13.0. The van der Waals surface area contributed by atoms with Crippen LogP contribution in [0.4, 0.5) is 10.2 Å². The number of halogens is 1. The van der Waals surface area contributed by atoms with Crippen molar-refractivity contribution in [3.8, 4) is 16.9 Å². The molecule has 1 saturated heterocycles. The molecular weight excluding hydrogens is 405 g/mol. The van der Waals surface area contributed by atoms with Crippen LogP contribution >= 0.6 is 0 Å². The zero-order valence-corrected chi connectivity index (χ0v) is 18.0. The average molecular weight is 432 g/mol. The molecule has 0 saturated carbocycles. The van der Waals surface area contributed by atoms with Crippen LogP contribution in [0.1, 0.15) is 24.4 Å². The second-order valence-electron chi connectivity index (χ2n) is 8.05. The van der Waals surface area contributed by atoms with Crippen molar-refractivity contribution in [1.29, 1.82) is 0 Å². The van der Waals surface area contributed by atoms with Gasteiger partial charge in [-0.3, -0.25) is 4.98 Å². The number of hydrogen-bond donors (Lipinski definition) is 2. The summed E-state index contributed by atoms with van der Waals surface area (Å²) in [5.41, 5.74) is 3.24. The molecule has 3 heterocycles. The SMILES string of the molecule is COc1cccc(F)c1-c1ccc2nn(C3CCCNC3)c(NCc3ccncc3)c2c1. The first-order valence-corrected chi connectivity index (χ1v) is 10.9. The van der Waals surface area contributed by atoms with Gasteiger partial charge in [-0.15, -0.1) is 0 Å². The summed E-state index contributed by atoms with van der Waals surface area (Å²) in [7, 11) is 1.56. The normalized spacial score (nSPS) is 16.2. The number of nitrogens with one attached hydrogen (secondary N) is 2. The standard InChI is InChI=1S/C25H26FN5O/c1-32-23-6-2-5-21(26)24(23)18-7-8-22-20(14-18)25(29-15-17-9-12-27-13-10-17)31(30-22)19-4-3-11-28-16-19/h2,5-10,12-14,19,28-29H,3-4,11,15-16H2,1H3. The molecule has 4 aromatic rings. The Bertz CT molecular complexity index is 1220. The number of fused-ring (bicyclic) bond motifs is 1. The van der Waals surface area contributed by atoms with Crippen molar-refractivity contribution < 1.29 is 9.13 Å². The lowest BCUT2D eigenvalue weighted by atomic mass is 10.0. The maximum Gasteiger partial charge on any atom is 0.134 e. The van der Waals surface area contributed by atoms with E-state index in [9.17, 15) is 4.39 Å². The Labute approximate surface area is 186 Å². The van der Waals surface area contributed by atoms with Crippen molar-refractivity contribution in [1.82, 2.24) is 20.1 Å². The van der Waals surface area contributed by atoms with Crippen LogP contribution < -0.4 is 15.4 Å². The van der Waals surface area contributed by atoms with Crippen LogP contribution in [0, 0.1) is 5.82 Å². The highest BCUT2D eigenvalue weighted by molar-refractivity contribution is 5.94. The van der Waals surface area contributed by atoms with Crippen molar-refractivity contribution >= 4 is 16.7 Å². The number of rotatable bonds is 6. The highest BCUT2D eigenvalue weighted by atomic mass is 19.1. The van der Waals surface area contributed by atoms with Crippen molar-refractivity contribution in [2.75, 3.05) is 25.5 Å². The van der Waals surface area contributed by atoms with E-state index in [2.05, 4.69) is 20.3 Å². The predicted molar refractivity (Wildman–Crippen MR) is 124 cm³/mol. The minimum atomic E-state index is -0.307. The van der Waals surface area contributed by atoms with Crippen LogP contribution in [-0.4, -0.2) is 35.0 Å². The fourth-order valence-corrected chi connectivity index (χ4v) is 4.38. The maximum absolute atomic E-state index is 14.8. The number of hydrogen-bond acceptors (Lipinski definition) is 5. The zero-order valence-electron chi connectivity index (χ0n) is 18.0. The summed E-state index contributed by atoms with van der Waals surface area (Å²) in [6, 6.07) is 15.0. The molecule has 2 aromatic heterocycles. The van der Waals surface area contributed by atoms with Gasteiger partial charge in [0.1, 0.15) is 17.4 Å². The van der Waals surface area contributed by atoms with E-state index < -0.39 is 0 Å². The smallest absolute Gasteiger partial charge is 0.134 e. The zero-order chi connectivity index (χ0) is 21.9. The van der Waals surface area contributed by atoms with E-state index in [-0.39, 0.29) is 11.9 Å². The molecule has 2 N–H and O–H groups in total. The third kappa shape index (κ3) is 3.91. The molecule has 0 bridgehead atoms. The van der Waals surface area contributed by atoms with E-state index in [1.807, 2.05) is 30.3 Å². The molecule has 0 spiro atoms. The quantitative estimate of drug-likeness (QED) is 0.460. The van der Waals surface area contributed by atoms with Crippen LogP contribution in [0.15, 0.2) is 60.9 Å². The average Bonchev–Trinajstić information content (AvgIpc) is 3.21. The van der Waals surface area contributed by atoms with Gasteiger partial charge in [0.2, 0.25) is 0 Å². The van der Waals surface area contributed by atoms with Gasteiger partial charge < -0.3 is 15.4 Å². The van der Waals surface area contributed by atoms with E-state index in [1.54, 1.807) is 31.6 Å². The van der Waals surface area contributed by atoms with Crippen molar-refractivity contribution in [2.24, 2.45) is 0 Å². The summed E-state index contributed by atoms with van der Waals surface area (Å²) >= 11 is 0. The Morgan fingerprint density at radius 3 is 2.84 bits per heavy atom. The molecule has 164 valence electrons. The maximum atomic E-state index is 14.8. The van der Waals surface area contributed by atoms with E-state index in [0.717, 1.165) is 53.8 Å². The van der Waals surface area contributed by atoms with E-state index in [1.165, 1.54) is 6.07 Å². The van der Waals surface area contributed by atoms with E-state index in [4.69, 9.17) is 9.84 Å². The fraction of sp³-hybridized carbons (Fsp3) is 0.280. The van der Waals surface area contributed by atoms with Crippen molar-refractivity contribution in [3.05, 3.63) is 72.3 Å². The number of aromatic nitrogens is 3. The van der Waals surface area contributed by atoms with Gasteiger partial charge in [-0.1, -0.05) is 12.1 Å². The van der Waals surface area contributed by atoms with E-state index in [0.29, 0.717) is 17.9 Å². The van der Waals surface area contributed by atoms with Gasteiger partial charge in [-0.25, -0.2) is 9.07 Å². The summed E-state index contributed by atoms with van der Waals surface area (Å²) in [6.45, 7) is 2.57. The second-order valence-corrected chi connectivity index (χ2v) is 8.05. The van der Waals surface area contributed by atoms with Crippen molar-refractivity contribution in [3.63, 3.8) is 0 Å². The minimum absolute atomic E-state index is 0.266. The molecular formula is C25H26FN5O. The molecule has 0 aliphatic carbocycles. The Kier molecular flexibility index (Phi) is 5.73. The third-order valence-electron chi connectivity index (χ3n) is 6.01. The Morgan fingerprint density at radius 1 is 1.19 bits per heavy atom. The molecule has 1 unspecified atom stereocenters. The van der Waals surface area contributed by atoms with Crippen LogP contribution in [-0.2, 0) is 6.54 Å². The van der Waals surface area contributed by atoms with Crippen molar-refractivity contribution in [2.45, 2.75) is 25.4 Å². The summed E-state index contributed by atoms with van der Waals surface area (Å²) in [5.74, 6) is 1.15. The summed E-state index contributed by atoms with van der Waals surface area (Å²) < 4.78 is 22.3. The number of methoxy groups -OCH3 is 1. The number of piperidine rings is 1. The van der Waals surface area contributed by atoms with Gasteiger partial charge in [0.25, 0.3) is 0 Å². The number of nitrogens with zero attached hydrogens (tertiary/aromatic N) is 3. The first-order chi connectivity index (χ1) is 15.7. The fourth-order valence-electron chi connectivity index (χ4n) is 4.38. The second kappa shape index (κ2) is 8.96. The van der Waals surface area contributed by atoms with Gasteiger partial charge in [-0.05, 0) is 66.9 Å². The molecule has 32 heavy (non-hydrogen) atoms. The van der Waals surface area contributed by atoms with Gasteiger partial charge >= 0.3 is 0 Å². The lowest BCUT2D eigenvalue weighted by Gasteiger charge is -2.25. The molecule has 1 aliphatic rings. The monoisotopic (exact) mass is 431 g/mol. The molecule has 1 aliphatic heterocycles. The van der Waals surface area contributed by atoms with Crippen LogP contribution in [0.5, 0.6) is 5.75 Å². The number of ether oxygens (including phenoxy) is 1. The first kappa shape index (κ1) is 20.5. The molecule has 2 aromatic carbocycles. The molecule has 0 radical (unpaired) electrons. The summed E-state index contributed by atoms with van der Waals surface area (Å²) in [4.78, 5) is 4.10. The molecule has 1 fully saturated rings. The molecule has 1 atom stereocenters. The van der Waals surface area contributed by atoms with Gasteiger partial charge in [-0.2, -0.15) is 5.10 Å². The lowest BCUT2D eigenvalue weighted by molar-refractivity contribution is 0.351. The number of benzene rings is 2. The van der Waals surface area contributed by atoms with Crippen LogP contribution in [0.25, 0.3) is 22.0 Å². The largest absolute Gasteiger partial charge is 0.496 e. The van der Waals surface area contributed by atoms with Crippen LogP contribution in [0.2, 0.25) is 0 Å². The van der Waals surface area contributed by atoms with E-state index >= 15 is 0 Å². The number of anilines is 1. The minimum Gasteiger partial charge on any atom is -0.496 e. The molecule has 6 nitrogen and oxygen atoms in total. The Hall–Kier alpha value is -3.45. The molecule has 7 heteroatoms. The Balaban J connectivity index is 1.60. The predicted octanol–water partition coefficient (Wildman–Crippen LogP) is 4.78. The topological polar surface area (TPSA) is 64.0 Å². The highest BCUT2D eigenvalue weighted by Gasteiger charge is 2.22. The number of pyridine rings is 1. The Morgan fingerprint density at radius 2 is 2.06 bits per heavy atom. The van der Waals surface area contributed by atoms with Gasteiger partial charge in [0.15, 0.2) is 0 Å². The first-order valence-electron chi connectivity index (χ1n) is 10.9. The molecule has 5 rings (SSSR count). The van der Waals surface area contributed by atoms with Gasteiger partial charge in [0.05, 0.1) is 24.2 Å². The summed E-state index contributed by atoms with van der Waals surface area (Å²) in [6.07, 6.45) is 5.77. The highest BCUT2D eigenvalue weighted by Crippen LogP contribution is 2.37. The van der Waals surface area contributed by atoms with Crippen LogP contribution in [0.3, 0.4) is 0 Å². The third-order valence-corrected chi connectivity index (χ3v) is 6.01. The van der Waals surface area contributed by atoms with Gasteiger partial charge in [0, 0.05) is 30.9 Å².